The minimum absolute atomic E-state index is 0.171. The molecular weight excluding hydrogens is 338 g/mol. The second-order valence-electron chi connectivity index (χ2n) is 7.81. The van der Waals surface area contributed by atoms with Crippen LogP contribution in [0.2, 0.25) is 0 Å². The zero-order valence-electron chi connectivity index (χ0n) is 16.3. The molecule has 0 spiro atoms. The number of carbonyl (C=O) groups is 1. The van der Waals surface area contributed by atoms with Gasteiger partial charge in [0.15, 0.2) is 12.1 Å². The summed E-state index contributed by atoms with van der Waals surface area (Å²) in [7, 11) is 0. The minimum atomic E-state index is -1.25. The van der Waals surface area contributed by atoms with Gasteiger partial charge in [0.25, 0.3) is 0 Å². The van der Waals surface area contributed by atoms with Crippen LogP contribution in [0.1, 0.15) is 72.1 Å². The molecule has 7 nitrogen and oxygen atoms in total. The van der Waals surface area contributed by atoms with Crippen LogP contribution in [0.15, 0.2) is 0 Å². The summed E-state index contributed by atoms with van der Waals surface area (Å²) in [6, 6.07) is -0.843. The molecule has 0 bridgehead atoms. The molecule has 7 heteroatoms. The van der Waals surface area contributed by atoms with Gasteiger partial charge in [0.2, 0.25) is 5.91 Å². The molecule has 1 amide bonds. The van der Waals surface area contributed by atoms with Gasteiger partial charge < -0.3 is 29.7 Å². The lowest BCUT2D eigenvalue weighted by Gasteiger charge is -2.23. The van der Waals surface area contributed by atoms with Gasteiger partial charge in [-0.05, 0) is 20.3 Å². The van der Waals surface area contributed by atoms with Crippen molar-refractivity contribution in [1.29, 1.82) is 0 Å². The molecule has 5 atom stereocenters. The lowest BCUT2D eigenvalue weighted by molar-refractivity contribution is -0.175. The lowest BCUT2D eigenvalue weighted by atomic mass is 10.0. The van der Waals surface area contributed by atoms with E-state index in [1.165, 1.54) is 25.7 Å². The number of carbonyl (C=O) groups excluding carboxylic acids is 1. The number of aliphatic hydroxyl groups is 2. The Bertz CT molecular complexity index is 444. The van der Waals surface area contributed by atoms with Crippen LogP contribution in [0, 0.1) is 0 Å². The molecule has 2 aliphatic rings. The fourth-order valence-electron chi connectivity index (χ4n) is 3.54. The topological polar surface area (TPSA) is 97.3 Å². The highest BCUT2D eigenvalue weighted by Crippen LogP contribution is 2.31. The second-order valence-corrected chi connectivity index (χ2v) is 7.81. The molecule has 0 aliphatic carbocycles. The Balaban J connectivity index is 1.69. The molecule has 1 unspecified atom stereocenters. The largest absolute Gasteiger partial charge is 0.388 e. The number of unbranched alkanes of at least 4 members (excludes halogenated alkanes) is 6. The average Bonchev–Trinajstić information content (AvgIpc) is 3.07. The first-order chi connectivity index (χ1) is 12.3. The fourth-order valence-corrected chi connectivity index (χ4v) is 3.54. The summed E-state index contributed by atoms with van der Waals surface area (Å²) in [6.07, 6.45) is 4.85. The first-order valence-electron chi connectivity index (χ1n) is 9.97. The average molecular weight is 373 g/mol. The van der Waals surface area contributed by atoms with Crippen LogP contribution in [0.4, 0.5) is 0 Å². The predicted octanol–water partition coefficient (Wildman–Crippen LogP) is 1.84. The zero-order chi connectivity index (χ0) is 19.2. The van der Waals surface area contributed by atoms with E-state index >= 15 is 0 Å². The summed E-state index contributed by atoms with van der Waals surface area (Å²) < 4.78 is 16.6. The van der Waals surface area contributed by atoms with Gasteiger partial charge in [0.05, 0.1) is 6.61 Å². The number of nitrogens with one attached hydrogen (secondary N) is 1. The number of amides is 1. The highest BCUT2D eigenvalue weighted by Gasteiger charge is 2.50. The maximum atomic E-state index is 12.1. The lowest BCUT2D eigenvalue weighted by Crippen LogP contribution is -2.49. The first kappa shape index (κ1) is 21.6. The first-order valence-corrected chi connectivity index (χ1v) is 9.97. The Morgan fingerprint density at radius 1 is 1.12 bits per heavy atom. The zero-order valence-corrected chi connectivity index (χ0v) is 16.3. The van der Waals surface area contributed by atoms with Crippen molar-refractivity contribution < 1.29 is 29.2 Å². The highest BCUT2D eigenvalue weighted by atomic mass is 16.8. The molecule has 2 fully saturated rings. The van der Waals surface area contributed by atoms with Gasteiger partial charge in [-0.15, -0.1) is 0 Å². The molecule has 152 valence electrons. The van der Waals surface area contributed by atoms with Crippen molar-refractivity contribution in [3.05, 3.63) is 0 Å². The van der Waals surface area contributed by atoms with Gasteiger partial charge in [-0.3, -0.25) is 4.79 Å². The Labute approximate surface area is 156 Å². The molecule has 2 heterocycles. The van der Waals surface area contributed by atoms with E-state index in [1.807, 2.05) is 0 Å². The molecule has 0 radical (unpaired) electrons. The van der Waals surface area contributed by atoms with E-state index in [9.17, 15) is 15.0 Å². The Kier molecular flexibility index (Phi) is 8.29. The van der Waals surface area contributed by atoms with E-state index in [0.717, 1.165) is 19.3 Å². The van der Waals surface area contributed by atoms with E-state index in [4.69, 9.17) is 14.2 Å². The summed E-state index contributed by atoms with van der Waals surface area (Å²) >= 11 is 0. The van der Waals surface area contributed by atoms with Crippen LogP contribution in [0.3, 0.4) is 0 Å². The van der Waals surface area contributed by atoms with E-state index < -0.39 is 36.4 Å². The van der Waals surface area contributed by atoms with Crippen molar-refractivity contribution in [3.8, 4) is 0 Å². The summed E-state index contributed by atoms with van der Waals surface area (Å²) in [6.45, 7) is 6.04. The molecule has 2 rings (SSSR count). The number of hydrogen-bond acceptors (Lipinski definition) is 6. The molecule has 0 aromatic rings. The summed E-state index contributed by atoms with van der Waals surface area (Å²) in [5.41, 5.74) is 0. The van der Waals surface area contributed by atoms with Gasteiger partial charge in [0, 0.05) is 6.42 Å². The van der Waals surface area contributed by atoms with Crippen LogP contribution < -0.4 is 5.32 Å². The van der Waals surface area contributed by atoms with E-state index in [-0.39, 0.29) is 12.5 Å². The van der Waals surface area contributed by atoms with Crippen molar-refractivity contribution in [2.75, 3.05) is 6.61 Å². The Hall–Kier alpha value is -0.730. The normalized spacial score (nSPS) is 33.5. The summed E-state index contributed by atoms with van der Waals surface area (Å²) in [5.74, 6) is -0.910. The van der Waals surface area contributed by atoms with Crippen LogP contribution in [0.5, 0.6) is 0 Å². The van der Waals surface area contributed by atoms with Crippen LogP contribution in [-0.4, -0.2) is 59.2 Å². The molecule has 2 aliphatic heterocycles. The molecule has 3 N–H and O–H groups in total. The van der Waals surface area contributed by atoms with Crippen LogP contribution in [0.25, 0.3) is 0 Å². The third kappa shape index (κ3) is 6.16. The molecule has 26 heavy (non-hydrogen) atoms. The van der Waals surface area contributed by atoms with E-state index in [0.29, 0.717) is 6.42 Å². The maximum absolute atomic E-state index is 12.1. The van der Waals surface area contributed by atoms with Crippen molar-refractivity contribution >= 4 is 5.91 Å². The third-order valence-corrected chi connectivity index (χ3v) is 5.04. The minimum Gasteiger partial charge on any atom is -0.388 e. The van der Waals surface area contributed by atoms with Gasteiger partial charge in [-0.1, -0.05) is 45.4 Å². The van der Waals surface area contributed by atoms with Crippen molar-refractivity contribution in [1.82, 2.24) is 5.32 Å². The number of aliphatic hydroxyl groups excluding tert-OH is 2. The van der Waals surface area contributed by atoms with Crippen molar-refractivity contribution in [2.45, 2.75) is 109 Å². The number of ether oxygens (including phenoxy) is 3. The van der Waals surface area contributed by atoms with Crippen LogP contribution in [-0.2, 0) is 19.0 Å². The molecule has 0 aromatic carbocycles. The molecule has 0 saturated carbocycles. The third-order valence-electron chi connectivity index (χ3n) is 5.04. The second kappa shape index (κ2) is 9.99. The fraction of sp³-hybridized carbons (Fsp3) is 0.947. The smallest absolute Gasteiger partial charge is 0.220 e. The summed E-state index contributed by atoms with van der Waals surface area (Å²) in [4.78, 5) is 12.1. The van der Waals surface area contributed by atoms with E-state index in [1.54, 1.807) is 13.8 Å². The highest BCUT2D eigenvalue weighted by molar-refractivity contribution is 5.76. The maximum Gasteiger partial charge on any atom is 0.220 e. The predicted molar refractivity (Wildman–Crippen MR) is 96.3 cm³/mol. The quantitative estimate of drug-likeness (QED) is 0.506. The molecule has 2 saturated heterocycles. The molecular formula is C19H35NO6. The molecule has 0 aromatic heterocycles. The Morgan fingerprint density at radius 3 is 2.38 bits per heavy atom. The van der Waals surface area contributed by atoms with Crippen molar-refractivity contribution in [3.63, 3.8) is 0 Å². The monoisotopic (exact) mass is 373 g/mol. The van der Waals surface area contributed by atoms with Gasteiger partial charge >= 0.3 is 0 Å². The van der Waals surface area contributed by atoms with Crippen molar-refractivity contribution in [2.24, 2.45) is 0 Å². The SMILES string of the molecule is CCCCCCCCCC(=O)N[C@H]1C(O)O[C@H]([C@H]2COC(C)(C)O2)[C@@H]1O. The Morgan fingerprint density at radius 2 is 1.77 bits per heavy atom. The van der Waals surface area contributed by atoms with Crippen LogP contribution >= 0.6 is 0 Å². The summed E-state index contributed by atoms with van der Waals surface area (Å²) in [5, 5.41) is 23.2. The number of rotatable bonds is 10. The van der Waals surface area contributed by atoms with Gasteiger partial charge in [-0.25, -0.2) is 0 Å². The van der Waals surface area contributed by atoms with E-state index in [2.05, 4.69) is 12.2 Å². The number of hydrogen-bond donors (Lipinski definition) is 3. The van der Waals surface area contributed by atoms with Gasteiger partial charge in [0.1, 0.15) is 24.4 Å². The standard InChI is InChI=1S/C19H35NO6/c1-4-5-6-7-8-9-10-11-14(21)20-15-16(22)17(25-18(15)23)13-12-24-19(2,3)26-13/h13,15-18,22-23H,4-12H2,1-3H3,(H,20,21)/t13-,15-,16-,17-,18?/m1/s1. The van der Waals surface area contributed by atoms with Gasteiger partial charge in [-0.2, -0.15) is 0 Å².